The maximum absolute atomic E-state index is 14.8. The van der Waals surface area contributed by atoms with E-state index in [2.05, 4.69) is 23.3 Å². The highest BCUT2D eigenvalue weighted by Gasteiger charge is 2.51. The number of carbonyl (C=O) groups is 4. The van der Waals surface area contributed by atoms with Crippen LogP contribution >= 0.6 is 0 Å². The minimum absolute atomic E-state index is 0.0161. The Balaban J connectivity index is 1.11. The van der Waals surface area contributed by atoms with Crippen molar-refractivity contribution in [2.45, 2.75) is 51.0 Å². The third kappa shape index (κ3) is 7.73. The number of amides is 4. The second kappa shape index (κ2) is 16.8. The molecule has 0 bridgehead atoms. The van der Waals surface area contributed by atoms with Crippen LogP contribution < -0.4 is 0 Å². The molecule has 4 amide bonds. The first-order chi connectivity index (χ1) is 28.1. The molecule has 8 rings (SSSR count). The van der Waals surface area contributed by atoms with Crippen LogP contribution in [0.1, 0.15) is 40.4 Å². The number of hydrazine groups is 1. The van der Waals surface area contributed by atoms with Gasteiger partial charge in [0.25, 0.3) is 5.91 Å². The molecule has 4 aliphatic heterocycles. The van der Waals surface area contributed by atoms with E-state index in [4.69, 9.17) is 0 Å². The summed E-state index contributed by atoms with van der Waals surface area (Å²) in [6, 6.07) is 21.8. The molecule has 5 heterocycles. The van der Waals surface area contributed by atoms with Crippen molar-refractivity contribution in [1.82, 2.24) is 39.1 Å². The van der Waals surface area contributed by atoms with Crippen LogP contribution in [0.3, 0.4) is 0 Å². The summed E-state index contributed by atoms with van der Waals surface area (Å²) in [5, 5.41) is 14.3. The number of piperazine rings is 3. The second-order valence-electron chi connectivity index (χ2n) is 16.0. The molecule has 1 unspecified atom stereocenters. The molecule has 58 heavy (non-hydrogen) atoms. The van der Waals surface area contributed by atoms with Gasteiger partial charge < -0.3 is 29.3 Å². The number of likely N-dealkylation sites (N-methyl/N-ethyl adjacent to an activating group) is 1. The predicted molar refractivity (Wildman–Crippen MR) is 221 cm³/mol. The van der Waals surface area contributed by atoms with Crippen LogP contribution in [0.15, 0.2) is 91.6 Å². The van der Waals surface area contributed by atoms with Crippen LogP contribution in [0.25, 0.3) is 10.9 Å². The molecule has 1 N–H and O–H groups in total. The average molecular weight is 787 g/mol. The molecule has 3 aromatic carbocycles. The van der Waals surface area contributed by atoms with Crippen molar-refractivity contribution < 1.29 is 24.3 Å². The Morgan fingerprint density at radius 1 is 0.897 bits per heavy atom. The van der Waals surface area contributed by atoms with E-state index in [1.165, 1.54) is 0 Å². The summed E-state index contributed by atoms with van der Waals surface area (Å²) >= 11 is 0. The topological polar surface area (TPSA) is 116 Å². The van der Waals surface area contributed by atoms with Gasteiger partial charge in [-0.1, -0.05) is 73.7 Å². The molecule has 3 atom stereocenters. The molecular formula is C45H54N8O5. The standard InChI is InChI=1S/C45H54N8O5/c1-4-20-51-31-42(56)52-39(25-33-14-17-36(54)18-15-33)45(58)50(30-40(52)53(51)41(55)19-16-32-10-7-6-8-11-32)26-34-12-9-13-37-38(29-46(3)43(34)37)44(57)49-24-23-48-22-21-47(5-2)27-35(48)28-49/h4,6-15,17-18,29,35,39-40,54H,1,5,16,19-28,30-31H2,2-3H3/t35?,39-,40-/m0/s1. The maximum atomic E-state index is 14.8. The normalized spacial score (nSPS) is 22.0. The van der Waals surface area contributed by atoms with Crippen LogP contribution in [0.2, 0.25) is 0 Å². The smallest absolute Gasteiger partial charge is 0.256 e. The van der Waals surface area contributed by atoms with Crippen molar-refractivity contribution in [3.8, 4) is 5.75 Å². The number of hydrogen-bond donors (Lipinski definition) is 1. The fourth-order valence-corrected chi connectivity index (χ4v) is 9.49. The number of carbonyl (C=O) groups excluding carboxylic acids is 4. The summed E-state index contributed by atoms with van der Waals surface area (Å²) in [6.07, 6.45) is 3.81. The van der Waals surface area contributed by atoms with Crippen LogP contribution in [0, 0.1) is 0 Å². The monoisotopic (exact) mass is 786 g/mol. The Morgan fingerprint density at radius 3 is 2.43 bits per heavy atom. The van der Waals surface area contributed by atoms with Crippen molar-refractivity contribution in [2.24, 2.45) is 7.05 Å². The number of aromatic nitrogens is 1. The number of aryl methyl sites for hydroxylation is 2. The fourth-order valence-electron chi connectivity index (χ4n) is 9.49. The zero-order valence-electron chi connectivity index (χ0n) is 33.6. The third-order valence-electron chi connectivity index (χ3n) is 12.4. The summed E-state index contributed by atoms with van der Waals surface area (Å²) in [4.78, 5) is 67.8. The Labute approximate surface area is 340 Å². The zero-order chi connectivity index (χ0) is 40.5. The van der Waals surface area contributed by atoms with Crippen LogP contribution in [0.5, 0.6) is 5.75 Å². The number of aromatic hydroxyl groups is 1. The van der Waals surface area contributed by atoms with Crippen molar-refractivity contribution in [3.63, 3.8) is 0 Å². The first-order valence-corrected chi connectivity index (χ1v) is 20.6. The van der Waals surface area contributed by atoms with Gasteiger partial charge in [0.15, 0.2) is 0 Å². The lowest BCUT2D eigenvalue weighted by atomic mass is 9.97. The number of rotatable bonds is 11. The quantitative estimate of drug-likeness (QED) is 0.231. The molecule has 4 aliphatic rings. The zero-order valence-corrected chi connectivity index (χ0v) is 33.6. The average Bonchev–Trinajstić information content (AvgIpc) is 3.58. The first kappa shape index (κ1) is 39.3. The van der Waals surface area contributed by atoms with E-state index in [1.54, 1.807) is 50.2 Å². The summed E-state index contributed by atoms with van der Waals surface area (Å²) in [5.74, 6) is -0.478. The molecule has 4 fully saturated rings. The van der Waals surface area contributed by atoms with E-state index in [0.29, 0.717) is 31.1 Å². The van der Waals surface area contributed by atoms with E-state index >= 15 is 0 Å². The van der Waals surface area contributed by atoms with Gasteiger partial charge in [-0.2, -0.15) is 0 Å². The minimum Gasteiger partial charge on any atom is -0.508 e. The number of phenols is 1. The summed E-state index contributed by atoms with van der Waals surface area (Å²) in [6.45, 7) is 12.9. The van der Waals surface area contributed by atoms with Gasteiger partial charge in [-0.3, -0.25) is 24.1 Å². The third-order valence-corrected chi connectivity index (χ3v) is 12.4. The second-order valence-corrected chi connectivity index (χ2v) is 16.0. The molecule has 4 saturated heterocycles. The van der Waals surface area contributed by atoms with Crippen molar-refractivity contribution >= 4 is 34.5 Å². The van der Waals surface area contributed by atoms with Gasteiger partial charge in [-0.25, -0.2) is 10.0 Å². The van der Waals surface area contributed by atoms with E-state index in [0.717, 1.165) is 60.3 Å². The summed E-state index contributed by atoms with van der Waals surface area (Å²) < 4.78 is 1.98. The number of fused-ring (bicyclic) bond motifs is 3. The van der Waals surface area contributed by atoms with E-state index < -0.39 is 12.2 Å². The highest BCUT2D eigenvalue weighted by atomic mass is 16.3. The van der Waals surface area contributed by atoms with Crippen molar-refractivity contribution in [2.75, 3.05) is 65.4 Å². The lowest BCUT2D eigenvalue weighted by Crippen LogP contribution is -2.75. The number of para-hydroxylation sites is 1. The highest BCUT2D eigenvalue weighted by Crippen LogP contribution is 2.33. The molecule has 0 radical (unpaired) electrons. The molecule has 304 valence electrons. The van der Waals surface area contributed by atoms with Crippen molar-refractivity contribution in [1.29, 1.82) is 0 Å². The van der Waals surface area contributed by atoms with Gasteiger partial charge in [0.1, 0.15) is 18.0 Å². The SMILES string of the molecule is C=CCN1CC(=O)N2[C@@H](Cc3ccc(O)cc3)C(=O)N(Cc3cccc4c(C(=O)N5CCN6CCN(CC)CC6C5)cn(C)c34)C[C@@H]2N1C(=O)CCc1ccccc1. The Hall–Kier alpha value is -5.50. The molecule has 0 spiro atoms. The molecule has 13 heteroatoms. The van der Waals surface area contributed by atoms with Gasteiger partial charge >= 0.3 is 0 Å². The molecule has 0 aliphatic carbocycles. The molecule has 1 aromatic heterocycles. The Morgan fingerprint density at radius 2 is 1.67 bits per heavy atom. The van der Waals surface area contributed by atoms with Crippen LogP contribution in [-0.2, 0) is 40.8 Å². The Bertz CT molecular complexity index is 2170. The Kier molecular flexibility index (Phi) is 11.4. The largest absolute Gasteiger partial charge is 0.508 e. The molecular weight excluding hydrogens is 733 g/mol. The number of hydrogen-bond acceptors (Lipinski definition) is 8. The summed E-state index contributed by atoms with van der Waals surface area (Å²) in [7, 11) is 1.94. The van der Waals surface area contributed by atoms with Gasteiger partial charge in [0.2, 0.25) is 17.7 Å². The molecule has 0 saturated carbocycles. The maximum Gasteiger partial charge on any atom is 0.256 e. The van der Waals surface area contributed by atoms with Gasteiger partial charge in [-0.05, 0) is 41.8 Å². The van der Waals surface area contributed by atoms with Crippen LogP contribution in [0.4, 0.5) is 0 Å². The van der Waals surface area contributed by atoms with Crippen molar-refractivity contribution in [3.05, 3.63) is 114 Å². The molecule has 13 nitrogen and oxygen atoms in total. The first-order valence-electron chi connectivity index (χ1n) is 20.6. The van der Waals surface area contributed by atoms with E-state index in [9.17, 15) is 24.3 Å². The number of benzene rings is 3. The summed E-state index contributed by atoms with van der Waals surface area (Å²) in [5.41, 5.74) is 4.20. The number of nitrogens with zero attached hydrogens (tertiary/aromatic N) is 8. The highest BCUT2D eigenvalue weighted by molar-refractivity contribution is 6.07. The van der Waals surface area contributed by atoms with E-state index in [-0.39, 0.29) is 68.4 Å². The van der Waals surface area contributed by atoms with Gasteiger partial charge in [0, 0.05) is 89.9 Å². The minimum atomic E-state index is -0.891. The predicted octanol–water partition coefficient (Wildman–Crippen LogP) is 3.33. The van der Waals surface area contributed by atoms with Crippen LogP contribution in [-0.4, -0.2) is 152 Å². The fraction of sp³-hybridized carbons (Fsp3) is 0.422. The van der Waals surface area contributed by atoms with E-state index in [1.807, 2.05) is 71.2 Å². The van der Waals surface area contributed by atoms with Gasteiger partial charge in [0.05, 0.1) is 24.2 Å². The lowest BCUT2D eigenvalue weighted by Gasteiger charge is -2.55. The molecule has 4 aromatic rings. The number of phenolic OH excluding ortho intramolecular Hbond substituents is 1. The lowest BCUT2D eigenvalue weighted by molar-refractivity contribution is -0.205. The van der Waals surface area contributed by atoms with Gasteiger partial charge in [-0.15, -0.1) is 6.58 Å².